The van der Waals surface area contributed by atoms with Gasteiger partial charge in [0.05, 0.1) is 6.04 Å². The quantitative estimate of drug-likeness (QED) is 0.590. The van der Waals surface area contributed by atoms with Gasteiger partial charge in [0.15, 0.2) is 0 Å². The molecule has 1 aromatic heterocycles. The van der Waals surface area contributed by atoms with Crippen LogP contribution in [0.2, 0.25) is 0 Å². The Balaban J connectivity index is 1.40. The molecule has 30 heavy (non-hydrogen) atoms. The van der Waals surface area contributed by atoms with Crippen molar-refractivity contribution in [3.05, 3.63) is 58.0 Å². The second-order valence-corrected chi connectivity index (χ2v) is 8.90. The Bertz CT molecular complexity index is 802. The summed E-state index contributed by atoms with van der Waals surface area (Å²) in [6, 6.07) is 9.84. The number of amides is 2. The fourth-order valence-corrected chi connectivity index (χ4v) is 4.54. The van der Waals surface area contributed by atoms with Crippen LogP contribution in [0, 0.1) is 11.7 Å². The van der Waals surface area contributed by atoms with Gasteiger partial charge in [-0.15, -0.1) is 11.3 Å². The molecule has 0 bridgehead atoms. The Kier molecular flexibility index (Phi) is 8.39. The molecule has 1 saturated heterocycles. The number of likely N-dealkylation sites (tertiary alicyclic amines) is 1. The summed E-state index contributed by atoms with van der Waals surface area (Å²) in [4.78, 5) is 28.1. The van der Waals surface area contributed by atoms with Crippen LogP contribution in [-0.2, 0) is 4.79 Å². The molecule has 0 radical (unpaired) electrons. The standard InChI is InChI=1S/C23H30FN3O2S/c1-17-10-13-27(14-11-17)20(21-4-3-15-30-21)16-26-22(28)5-2-12-25-23(29)18-6-8-19(24)9-7-18/h3-4,6-9,15,17,20H,2,5,10-14,16H2,1H3,(H,25,29)(H,26,28). The van der Waals surface area contributed by atoms with Gasteiger partial charge in [-0.3, -0.25) is 14.5 Å². The SMILES string of the molecule is CC1CCN(C(CNC(=O)CCCNC(=O)c2ccc(F)cc2)c2cccs2)CC1. The molecule has 2 heterocycles. The van der Waals surface area contributed by atoms with E-state index in [1.807, 2.05) is 0 Å². The highest BCUT2D eigenvalue weighted by Gasteiger charge is 2.25. The molecule has 2 N–H and O–H groups in total. The third-order valence-electron chi connectivity index (χ3n) is 5.60. The minimum absolute atomic E-state index is 0.00188. The maximum absolute atomic E-state index is 12.9. The predicted octanol–water partition coefficient (Wildman–Crippen LogP) is 3.99. The fourth-order valence-electron chi connectivity index (χ4n) is 3.68. The van der Waals surface area contributed by atoms with Gasteiger partial charge in [0, 0.05) is 30.0 Å². The number of carbonyl (C=O) groups excluding carboxylic acids is 2. The van der Waals surface area contributed by atoms with Gasteiger partial charge < -0.3 is 10.6 Å². The van der Waals surface area contributed by atoms with Crippen LogP contribution in [0.4, 0.5) is 4.39 Å². The molecule has 0 spiro atoms. The van der Waals surface area contributed by atoms with E-state index in [1.54, 1.807) is 11.3 Å². The Morgan fingerprint density at radius 3 is 2.57 bits per heavy atom. The molecular weight excluding hydrogens is 401 g/mol. The third kappa shape index (κ3) is 6.64. The van der Waals surface area contributed by atoms with Crippen molar-refractivity contribution >= 4 is 23.2 Å². The molecule has 162 valence electrons. The molecule has 1 aromatic carbocycles. The summed E-state index contributed by atoms with van der Waals surface area (Å²) in [5, 5.41) is 7.93. The summed E-state index contributed by atoms with van der Waals surface area (Å²) in [5.74, 6) is 0.138. The lowest BCUT2D eigenvalue weighted by Gasteiger charge is -2.36. The van der Waals surface area contributed by atoms with Gasteiger partial charge in [-0.2, -0.15) is 0 Å². The van der Waals surface area contributed by atoms with Crippen LogP contribution >= 0.6 is 11.3 Å². The van der Waals surface area contributed by atoms with Crippen molar-refractivity contribution in [1.29, 1.82) is 0 Å². The van der Waals surface area contributed by atoms with Crippen molar-refractivity contribution in [2.45, 2.75) is 38.6 Å². The normalized spacial score (nSPS) is 16.2. The molecule has 1 aliphatic rings. The molecule has 0 saturated carbocycles. The second kappa shape index (κ2) is 11.2. The number of rotatable bonds is 9. The molecule has 1 fully saturated rings. The first-order valence-corrected chi connectivity index (χ1v) is 11.5. The monoisotopic (exact) mass is 431 g/mol. The van der Waals surface area contributed by atoms with Gasteiger partial charge in [-0.25, -0.2) is 4.39 Å². The van der Waals surface area contributed by atoms with E-state index in [-0.39, 0.29) is 23.7 Å². The van der Waals surface area contributed by atoms with Crippen LogP contribution in [0.5, 0.6) is 0 Å². The van der Waals surface area contributed by atoms with Crippen molar-refractivity contribution in [2.24, 2.45) is 5.92 Å². The van der Waals surface area contributed by atoms with E-state index in [0.717, 1.165) is 19.0 Å². The molecule has 1 atom stereocenters. The molecule has 1 unspecified atom stereocenters. The van der Waals surface area contributed by atoms with Crippen molar-refractivity contribution < 1.29 is 14.0 Å². The Morgan fingerprint density at radius 2 is 1.90 bits per heavy atom. The maximum Gasteiger partial charge on any atom is 0.251 e. The van der Waals surface area contributed by atoms with E-state index in [0.29, 0.717) is 31.5 Å². The Hall–Kier alpha value is -2.25. The number of nitrogens with zero attached hydrogens (tertiary/aromatic N) is 1. The van der Waals surface area contributed by atoms with Crippen molar-refractivity contribution in [3.8, 4) is 0 Å². The third-order valence-corrected chi connectivity index (χ3v) is 6.57. The van der Waals surface area contributed by atoms with Gasteiger partial charge in [0.2, 0.25) is 5.91 Å². The van der Waals surface area contributed by atoms with E-state index >= 15 is 0 Å². The summed E-state index contributed by atoms with van der Waals surface area (Å²) in [7, 11) is 0. The smallest absolute Gasteiger partial charge is 0.251 e. The molecule has 2 aromatic rings. The van der Waals surface area contributed by atoms with Crippen LogP contribution in [-0.4, -0.2) is 42.9 Å². The first kappa shape index (κ1) is 22.4. The van der Waals surface area contributed by atoms with E-state index in [1.165, 1.54) is 42.0 Å². The number of piperidine rings is 1. The molecular formula is C23H30FN3O2S. The van der Waals surface area contributed by atoms with E-state index in [4.69, 9.17) is 0 Å². The molecule has 2 amide bonds. The summed E-state index contributed by atoms with van der Waals surface area (Å²) >= 11 is 1.74. The van der Waals surface area contributed by atoms with E-state index in [2.05, 4.69) is 40.0 Å². The van der Waals surface area contributed by atoms with Gasteiger partial charge in [0.25, 0.3) is 5.91 Å². The van der Waals surface area contributed by atoms with Gasteiger partial charge in [0.1, 0.15) is 5.82 Å². The van der Waals surface area contributed by atoms with Crippen LogP contribution in [0.3, 0.4) is 0 Å². The number of halogens is 1. The summed E-state index contributed by atoms with van der Waals surface area (Å²) in [6.45, 7) is 5.44. The number of thiophene rings is 1. The number of carbonyl (C=O) groups is 2. The largest absolute Gasteiger partial charge is 0.354 e. The first-order valence-electron chi connectivity index (χ1n) is 10.6. The summed E-state index contributed by atoms with van der Waals surface area (Å²) in [5.41, 5.74) is 0.412. The fraction of sp³-hybridized carbons (Fsp3) is 0.478. The zero-order valence-electron chi connectivity index (χ0n) is 17.4. The average Bonchev–Trinajstić information content (AvgIpc) is 3.27. The van der Waals surface area contributed by atoms with Crippen molar-refractivity contribution in [1.82, 2.24) is 15.5 Å². The minimum Gasteiger partial charge on any atom is -0.354 e. The van der Waals surface area contributed by atoms with Crippen LogP contribution in [0.1, 0.15) is 53.9 Å². The minimum atomic E-state index is -0.372. The second-order valence-electron chi connectivity index (χ2n) is 7.92. The van der Waals surface area contributed by atoms with Crippen LogP contribution < -0.4 is 10.6 Å². The maximum atomic E-state index is 12.9. The van der Waals surface area contributed by atoms with Crippen molar-refractivity contribution in [3.63, 3.8) is 0 Å². The molecule has 5 nitrogen and oxygen atoms in total. The highest BCUT2D eigenvalue weighted by molar-refractivity contribution is 7.10. The highest BCUT2D eigenvalue weighted by Crippen LogP contribution is 2.29. The molecule has 0 aliphatic carbocycles. The highest BCUT2D eigenvalue weighted by atomic mass is 32.1. The average molecular weight is 432 g/mol. The van der Waals surface area contributed by atoms with Gasteiger partial charge in [-0.05, 0) is 74.0 Å². The van der Waals surface area contributed by atoms with Crippen molar-refractivity contribution in [2.75, 3.05) is 26.2 Å². The van der Waals surface area contributed by atoms with Crippen LogP contribution in [0.15, 0.2) is 41.8 Å². The van der Waals surface area contributed by atoms with Gasteiger partial charge in [-0.1, -0.05) is 13.0 Å². The van der Waals surface area contributed by atoms with E-state index in [9.17, 15) is 14.0 Å². The lowest BCUT2D eigenvalue weighted by atomic mass is 9.97. The Morgan fingerprint density at radius 1 is 1.17 bits per heavy atom. The molecule has 3 rings (SSSR count). The van der Waals surface area contributed by atoms with Crippen LogP contribution in [0.25, 0.3) is 0 Å². The van der Waals surface area contributed by atoms with E-state index < -0.39 is 0 Å². The molecule has 1 aliphatic heterocycles. The topological polar surface area (TPSA) is 61.4 Å². The lowest BCUT2D eigenvalue weighted by Crippen LogP contribution is -2.41. The zero-order chi connectivity index (χ0) is 21.3. The zero-order valence-corrected chi connectivity index (χ0v) is 18.2. The summed E-state index contributed by atoms with van der Waals surface area (Å²) < 4.78 is 12.9. The predicted molar refractivity (Wildman–Crippen MR) is 118 cm³/mol. The number of hydrogen-bond acceptors (Lipinski definition) is 4. The van der Waals surface area contributed by atoms with Gasteiger partial charge >= 0.3 is 0 Å². The number of hydrogen-bond donors (Lipinski definition) is 2. The number of benzene rings is 1. The molecule has 7 heteroatoms. The summed E-state index contributed by atoms with van der Waals surface area (Å²) in [6.07, 6.45) is 3.31. The number of nitrogens with one attached hydrogen (secondary N) is 2. The lowest BCUT2D eigenvalue weighted by molar-refractivity contribution is -0.121. The Labute approximate surface area is 181 Å². The first-order chi connectivity index (χ1) is 14.5.